The van der Waals surface area contributed by atoms with Crippen LogP contribution in [0.5, 0.6) is 5.75 Å². The highest BCUT2D eigenvalue weighted by Crippen LogP contribution is 2.27. The fraction of sp³-hybridized carbons (Fsp3) is 0.474. The molecule has 0 amide bonds. The first-order valence-corrected chi connectivity index (χ1v) is 10.8. The van der Waals surface area contributed by atoms with Gasteiger partial charge in [-0.2, -0.15) is 4.31 Å². The summed E-state index contributed by atoms with van der Waals surface area (Å²) in [6.45, 7) is 5.29. The van der Waals surface area contributed by atoms with Gasteiger partial charge >= 0.3 is 0 Å². The Morgan fingerprint density at radius 3 is 2.68 bits per heavy atom. The number of hydrogen-bond acceptors (Lipinski definition) is 7. The minimum atomic E-state index is -3.61. The second kappa shape index (κ2) is 7.65. The lowest BCUT2D eigenvalue weighted by molar-refractivity contribution is 0.122. The molecule has 1 fully saturated rings. The predicted octanol–water partition coefficient (Wildman–Crippen LogP) is 1.38. The molecule has 0 N–H and O–H groups in total. The topological polar surface area (TPSA) is 84.9 Å². The molecule has 0 spiro atoms. The third-order valence-corrected chi connectivity index (χ3v) is 7.04. The predicted molar refractivity (Wildman–Crippen MR) is 104 cm³/mol. The molecule has 1 saturated heterocycles. The number of anilines is 1. The largest absolute Gasteiger partial charge is 0.496 e. The molecule has 2 aliphatic heterocycles. The van der Waals surface area contributed by atoms with Crippen molar-refractivity contribution in [2.75, 3.05) is 44.9 Å². The Balaban J connectivity index is 1.59. The maximum absolute atomic E-state index is 13.2. The number of rotatable bonds is 4. The minimum Gasteiger partial charge on any atom is -0.496 e. The molecule has 3 heterocycles. The average Bonchev–Trinajstić information content (AvgIpc) is 2.73. The molecule has 0 atom stereocenters. The van der Waals surface area contributed by atoms with Gasteiger partial charge in [0.2, 0.25) is 16.0 Å². The monoisotopic (exact) mass is 404 g/mol. The Labute approximate surface area is 165 Å². The molecule has 0 aliphatic carbocycles. The fourth-order valence-corrected chi connectivity index (χ4v) is 5.04. The number of aromatic nitrogens is 2. The third kappa shape index (κ3) is 3.57. The van der Waals surface area contributed by atoms with Crippen LogP contribution in [0, 0.1) is 6.92 Å². The van der Waals surface area contributed by atoms with Crippen molar-refractivity contribution in [3.8, 4) is 5.75 Å². The molecule has 28 heavy (non-hydrogen) atoms. The van der Waals surface area contributed by atoms with Gasteiger partial charge in [0.15, 0.2) is 0 Å². The Kier molecular flexibility index (Phi) is 5.22. The summed E-state index contributed by atoms with van der Waals surface area (Å²) in [5, 5.41) is 0. The zero-order valence-corrected chi connectivity index (χ0v) is 16.9. The van der Waals surface area contributed by atoms with E-state index in [0.29, 0.717) is 37.9 Å². The van der Waals surface area contributed by atoms with Crippen molar-refractivity contribution in [2.45, 2.75) is 24.8 Å². The zero-order chi connectivity index (χ0) is 19.7. The molecule has 8 nitrogen and oxygen atoms in total. The van der Waals surface area contributed by atoms with Gasteiger partial charge in [-0.25, -0.2) is 18.4 Å². The lowest BCUT2D eigenvalue weighted by Crippen LogP contribution is -2.39. The smallest absolute Gasteiger partial charge is 0.243 e. The van der Waals surface area contributed by atoms with Crippen molar-refractivity contribution < 1.29 is 17.9 Å². The van der Waals surface area contributed by atoms with Gasteiger partial charge in [0.05, 0.1) is 37.5 Å². The molecule has 0 unspecified atom stereocenters. The Hall–Kier alpha value is -2.23. The van der Waals surface area contributed by atoms with Gasteiger partial charge in [-0.05, 0) is 42.7 Å². The summed E-state index contributed by atoms with van der Waals surface area (Å²) in [5.41, 5.74) is 2.57. The number of nitrogens with zero attached hydrogens (tertiary/aromatic N) is 4. The van der Waals surface area contributed by atoms with Crippen molar-refractivity contribution in [2.24, 2.45) is 0 Å². The molecule has 1 aromatic heterocycles. The van der Waals surface area contributed by atoms with Gasteiger partial charge in [-0.15, -0.1) is 0 Å². The number of hydrogen-bond donors (Lipinski definition) is 0. The summed E-state index contributed by atoms with van der Waals surface area (Å²) >= 11 is 0. The van der Waals surface area contributed by atoms with Crippen LogP contribution < -0.4 is 9.64 Å². The SMILES string of the molecule is COc1ccc(S(=O)(=O)N2CCc3cnc(N4CCOCC4)nc3C2)cc1C. The highest BCUT2D eigenvalue weighted by atomic mass is 32.2. The first-order valence-electron chi connectivity index (χ1n) is 9.31. The Morgan fingerprint density at radius 1 is 1.18 bits per heavy atom. The summed E-state index contributed by atoms with van der Waals surface area (Å²) in [6.07, 6.45) is 2.43. The maximum Gasteiger partial charge on any atom is 0.243 e. The molecular weight excluding hydrogens is 380 g/mol. The number of sulfonamides is 1. The molecule has 0 bridgehead atoms. The second-order valence-corrected chi connectivity index (χ2v) is 8.90. The van der Waals surface area contributed by atoms with E-state index in [1.807, 2.05) is 13.1 Å². The minimum absolute atomic E-state index is 0.253. The molecule has 2 aromatic rings. The van der Waals surface area contributed by atoms with Crippen LogP contribution in [0.15, 0.2) is 29.3 Å². The van der Waals surface area contributed by atoms with Crippen LogP contribution in [-0.4, -0.2) is 62.6 Å². The van der Waals surface area contributed by atoms with Gasteiger partial charge < -0.3 is 14.4 Å². The summed E-state index contributed by atoms with van der Waals surface area (Å²) in [5.74, 6) is 1.31. The van der Waals surface area contributed by atoms with E-state index in [2.05, 4.69) is 14.9 Å². The number of methoxy groups -OCH3 is 1. The van der Waals surface area contributed by atoms with Crippen LogP contribution in [0.1, 0.15) is 16.8 Å². The van der Waals surface area contributed by atoms with E-state index in [1.54, 1.807) is 25.3 Å². The highest BCUT2D eigenvalue weighted by Gasteiger charge is 2.30. The Morgan fingerprint density at radius 2 is 1.96 bits per heavy atom. The van der Waals surface area contributed by atoms with Crippen LogP contribution in [0.25, 0.3) is 0 Å². The quantitative estimate of drug-likeness (QED) is 0.761. The van der Waals surface area contributed by atoms with E-state index < -0.39 is 10.0 Å². The highest BCUT2D eigenvalue weighted by molar-refractivity contribution is 7.89. The third-order valence-electron chi connectivity index (χ3n) is 5.20. The van der Waals surface area contributed by atoms with E-state index in [9.17, 15) is 8.42 Å². The molecule has 0 radical (unpaired) electrons. The van der Waals surface area contributed by atoms with E-state index in [4.69, 9.17) is 9.47 Å². The number of ether oxygens (including phenoxy) is 2. The standard InChI is InChI=1S/C19H24N4O4S/c1-14-11-16(3-4-18(14)26-2)28(24,25)23-6-5-15-12-20-19(21-17(15)13-23)22-7-9-27-10-8-22/h3-4,11-12H,5-10,13H2,1-2H3. The molecule has 150 valence electrons. The van der Waals surface area contributed by atoms with E-state index in [-0.39, 0.29) is 11.4 Å². The second-order valence-electron chi connectivity index (χ2n) is 6.96. The molecule has 2 aliphatic rings. The van der Waals surface area contributed by atoms with E-state index >= 15 is 0 Å². The van der Waals surface area contributed by atoms with Crippen LogP contribution in [0.2, 0.25) is 0 Å². The van der Waals surface area contributed by atoms with Crippen molar-refractivity contribution >= 4 is 16.0 Å². The van der Waals surface area contributed by atoms with Gasteiger partial charge in [0, 0.05) is 25.8 Å². The number of benzene rings is 1. The van der Waals surface area contributed by atoms with Crippen LogP contribution in [-0.2, 0) is 27.7 Å². The van der Waals surface area contributed by atoms with Crippen LogP contribution in [0.4, 0.5) is 5.95 Å². The Bertz CT molecular complexity index is 974. The molecule has 4 rings (SSSR count). The first kappa shape index (κ1) is 19.1. The summed E-state index contributed by atoms with van der Waals surface area (Å²) in [7, 11) is -2.03. The fourth-order valence-electron chi connectivity index (χ4n) is 3.55. The first-order chi connectivity index (χ1) is 13.5. The molecule has 9 heteroatoms. The van der Waals surface area contributed by atoms with Gasteiger partial charge in [-0.3, -0.25) is 0 Å². The van der Waals surface area contributed by atoms with E-state index in [0.717, 1.165) is 29.9 Å². The van der Waals surface area contributed by atoms with Crippen molar-refractivity contribution in [3.05, 3.63) is 41.2 Å². The van der Waals surface area contributed by atoms with Gasteiger partial charge in [0.1, 0.15) is 5.75 Å². The number of aryl methyl sites for hydroxylation is 1. The average molecular weight is 404 g/mol. The van der Waals surface area contributed by atoms with Crippen molar-refractivity contribution in [1.29, 1.82) is 0 Å². The van der Waals surface area contributed by atoms with Gasteiger partial charge in [-0.1, -0.05) is 0 Å². The van der Waals surface area contributed by atoms with Crippen molar-refractivity contribution in [3.63, 3.8) is 0 Å². The zero-order valence-electron chi connectivity index (χ0n) is 16.1. The summed E-state index contributed by atoms with van der Waals surface area (Å²) in [6, 6.07) is 4.94. The lowest BCUT2D eigenvalue weighted by atomic mass is 10.1. The summed E-state index contributed by atoms with van der Waals surface area (Å²) < 4.78 is 38.4. The van der Waals surface area contributed by atoms with Crippen molar-refractivity contribution in [1.82, 2.24) is 14.3 Å². The van der Waals surface area contributed by atoms with Crippen LogP contribution >= 0.6 is 0 Å². The van der Waals surface area contributed by atoms with E-state index in [1.165, 1.54) is 4.31 Å². The normalized spacial score (nSPS) is 18.0. The number of morpholine rings is 1. The number of fused-ring (bicyclic) bond motifs is 1. The lowest BCUT2D eigenvalue weighted by Gasteiger charge is -2.30. The van der Waals surface area contributed by atoms with Gasteiger partial charge in [0.25, 0.3) is 0 Å². The molecular formula is C19H24N4O4S. The summed E-state index contributed by atoms with van der Waals surface area (Å²) in [4.78, 5) is 11.5. The molecule has 1 aromatic carbocycles. The molecule has 0 saturated carbocycles. The van der Waals surface area contributed by atoms with Crippen LogP contribution in [0.3, 0.4) is 0 Å². The maximum atomic E-state index is 13.2.